The fraction of sp³-hybridized carbons (Fsp3) is 0.500. The molecule has 114 valence electrons. The molecule has 0 aromatic carbocycles. The molecule has 1 fully saturated rings. The number of nitrogens with two attached hydrogens (primary N) is 1. The highest BCUT2D eigenvalue weighted by Gasteiger charge is 2.47. The second-order valence-corrected chi connectivity index (χ2v) is 3.96. The van der Waals surface area contributed by atoms with Gasteiger partial charge in [0.25, 0.3) is 5.91 Å². The van der Waals surface area contributed by atoms with Crippen LogP contribution in [0.3, 0.4) is 0 Å². The Hall–Kier alpha value is -2.10. The van der Waals surface area contributed by atoms with E-state index in [0.717, 1.165) is 0 Å². The van der Waals surface area contributed by atoms with Crippen LogP contribution in [-0.2, 0) is 9.59 Å². The number of carbonyl (C=O) groups is 3. The third-order valence-electron chi connectivity index (χ3n) is 2.45. The van der Waals surface area contributed by atoms with Crippen LogP contribution in [0.5, 0.6) is 0 Å². The van der Waals surface area contributed by atoms with Gasteiger partial charge in [-0.25, -0.2) is 9.59 Å². The molecule has 0 radical (unpaired) electrons. The lowest BCUT2D eigenvalue weighted by atomic mass is 9.88. The fourth-order valence-electron chi connectivity index (χ4n) is 1.38. The van der Waals surface area contributed by atoms with Crippen molar-refractivity contribution in [2.75, 3.05) is 0 Å². The smallest absolute Gasteiger partial charge is 0.475 e. The second-order valence-electron chi connectivity index (χ2n) is 3.96. The summed E-state index contributed by atoms with van der Waals surface area (Å²) in [5.41, 5.74) is 4.63. The summed E-state index contributed by atoms with van der Waals surface area (Å²) in [4.78, 5) is 31.2. The lowest BCUT2D eigenvalue weighted by molar-refractivity contribution is -0.192. The Morgan fingerprint density at radius 2 is 2.00 bits per heavy atom. The van der Waals surface area contributed by atoms with Gasteiger partial charge in [-0.05, 0) is 13.3 Å². The van der Waals surface area contributed by atoms with E-state index in [1.165, 1.54) is 0 Å². The van der Waals surface area contributed by atoms with Crippen molar-refractivity contribution in [3.05, 3.63) is 12.7 Å². The Labute approximate surface area is 112 Å². The molecule has 1 aliphatic heterocycles. The quantitative estimate of drug-likeness (QED) is 0.435. The number of carbonyl (C=O) groups excluding carboxylic acids is 2. The van der Waals surface area contributed by atoms with E-state index in [-0.39, 0.29) is 5.91 Å². The Kier molecular flexibility index (Phi) is 5.70. The molecular weight excluding hydrogens is 283 g/mol. The van der Waals surface area contributed by atoms with Crippen molar-refractivity contribution in [2.24, 2.45) is 5.73 Å². The first-order chi connectivity index (χ1) is 8.97. The minimum Gasteiger partial charge on any atom is -0.475 e. The summed E-state index contributed by atoms with van der Waals surface area (Å²) in [7, 11) is 0. The maximum Gasteiger partial charge on any atom is 0.490 e. The van der Waals surface area contributed by atoms with Crippen molar-refractivity contribution in [3.8, 4) is 0 Å². The third kappa shape index (κ3) is 4.23. The van der Waals surface area contributed by atoms with Crippen molar-refractivity contribution in [2.45, 2.75) is 31.1 Å². The molecule has 3 amide bonds. The van der Waals surface area contributed by atoms with E-state index in [1.54, 1.807) is 13.0 Å². The molecule has 2 atom stereocenters. The zero-order valence-corrected chi connectivity index (χ0v) is 10.5. The molecule has 1 heterocycles. The number of rotatable bonds is 3. The minimum absolute atomic E-state index is 0.336. The number of aliphatic carboxylic acids is 1. The van der Waals surface area contributed by atoms with E-state index in [2.05, 4.69) is 17.2 Å². The molecule has 0 bridgehead atoms. The van der Waals surface area contributed by atoms with Crippen molar-refractivity contribution < 1.29 is 32.7 Å². The number of amides is 3. The van der Waals surface area contributed by atoms with Gasteiger partial charge in [0.05, 0.1) is 0 Å². The molecule has 2 unspecified atom stereocenters. The summed E-state index contributed by atoms with van der Waals surface area (Å²) in [5.74, 6) is -3.14. The van der Waals surface area contributed by atoms with Crippen LogP contribution in [-0.4, -0.2) is 40.8 Å². The summed E-state index contributed by atoms with van der Waals surface area (Å²) in [5, 5.41) is 11.8. The number of imide groups is 1. The maximum absolute atomic E-state index is 11.4. The van der Waals surface area contributed by atoms with Gasteiger partial charge in [0.2, 0.25) is 0 Å². The molecule has 10 heteroatoms. The third-order valence-corrected chi connectivity index (χ3v) is 2.45. The highest BCUT2D eigenvalue weighted by molar-refractivity contribution is 6.07. The summed E-state index contributed by atoms with van der Waals surface area (Å²) in [6, 6.07) is -0.943. The topological polar surface area (TPSA) is 122 Å². The normalized spacial score (nSPS) is 23.1. The van der Waals surface area contributed by atoms with E-state index >= 15 is 0 Å². The van der Waals surface area contributed by atoms with Gasteiger partial charge in [0.1, 0.15) is 5.54 Å². The van der Waals surface area contributed by atoms with Crippen molar-refractivity contribution >= 4 is 17.9 Å². The van der Waals surface area contributed by atoms with E-state index in [9.17, 15) is 22.8 Å². The summed E-state index contributed by atoms with van der Waals surface area (Å²) in [6.07, 6.45) is -3.18. The van der Waals surface area contributed by atoms with Crippen LogP contribution in [0.15, 0.2) is 12.7 Å². The molecule has 0 aliphatic carbocycles. The minimum atomic E-state index is -5.08. The van der Waals surface area contributed by atoms with Gasteiger partial charge in [-0.2, -0.15) is 13.2 Å². The van der Waals surface area contributed by atoms with E-state index in [4.69, 9.17) is 15.6 Å². The molecule has 5 N–H and O–H groups in total. The predicted molar refractivity (Wildman–Crippen MR) is 61.6 cm³/mol. The van der Waals surface area contributed by atoms with Gasteiger partial charge < -0.3 is 16.2 Å². The van der Waals surface area contributed by atoms with Crippen molar-refractivity contribution in [1.82, 2.24) is 10.6 Å². The standard InChI is InChI=1S/C8H13N3O2.C2HF3O2/c1-3-4-8(5(2)9)6(12)10-7(13)11-8;3-2(4,5)1(6)7/h3,5H,1,4,9H2,2H3,(H2,10,11,12,13);(H,6,7). The zero-order valence-electron chi connectivity index (χ0n) is 10.5. The number of alkyl halides is 3. The number of urea groups is 1. The predicted octanol–water partition coefficient (Wildman–Crippen LogP) is 0.121. The lowest BCUT2D eigenvalue weighted by Gasteiger charge is -2.28. The highest BCUT2D eigenvalue weighted by Crippen LogP contribution is 2.19. The number of halogens is 3. The van der Waals surface area contributed by atoms with E-state index in [0.29, 0.717) is 6.42 Å². The summed E-state index contributed by atoms with van der Waals surface area (Å²) < 4.78 is 31.7. The average molecular weight is 297 g/mol. The Morgan fingerprint density at radius 3 is 2.20 bits per heavy atom. The van der Waals surface area contributed by atoms with E-state index in [1.807, 2.05) is 0 Å². The molecule has 1 rings (SSSR count). The molecule has 7 nitrogen and oxygen atoms in total. The highest BCUT2D eigenvalue weighted by atomic mass is 19.4. The van der Waals surface area contributed by atoms with Crippen LogP contribution in [0.2, 0.25) is 0 Å². The number of carboxylic acid groups (broad SMARTS) is 1. The van der Waals surface area contributed by atoms with Crippen molar-refractivity contribution in [1.29, 1.82) is 0 Å². The van der Waals surface area contributed by atoms with Crippen LogP contribution >= 0.6 is 0 Å². The van der Waals surface area contributed by atoms with Crippen LogP contribution in [0.1, 0.15) is 13.3 Å². The van der Waals surface area contributed by atoms with Gasteiger partial charge in [-0.15, -0.1) is 6.58 Å². The first kappa shape index (κ1) is 17.9. The van der Waals surface area contributed by atoms with Gasteiger partial charge >= 0.3 is 18.2 Å². The summed E-state index contributed by atoms with van der Waals surface area (Å²) in [6.45, 7) is 5.20. The number of hydrogen-bond acceptors (Lipinski definition) is 4. The monoisotopic (exact) mass is 297 g/mol. The Bertz CT molecular complexity index is 422. The Morgan fingerprint density at radius 1 is 1.55 bits per heavy atom. The van der Waals surface area contributed by atoms with Crippen LogP contribution in [0, 0.1) is 0 Å². The maximum atomic E-state index is 11.4. The largest absolute Gasteiger partial charge is 0.490 e. The Balaban J connectivity index is 0.000000441. The zero-order chi connectivity index (χ0) is 16.1. The summed E-state index contributed by atoms with van der Waals surface area (Å²) >= 11 is 0. The van der Waals surface area contributed by atoms with Gasteiger partial charge in [0.15, 0.2) is 0 Å². The van der Waals surface area contributed by atoms with Crippen LogP contribution < -0.4 is 16.4 Å². The van der Waals surface area contributed by atoms with Crippen molar-refractivity contribution in [3.63, 3.8) is 0 Å². The van der Waals surface area contributed by atoms with Crippen LogP contribution in [0.25, 0.3) is 0 Å². The molecule has 0 saturated carbocycles. The number of hydrogen-bond donors (Lipinski definition) is 4. The van der Waals surface area contributed by atoms with Gasteiger partial charge in [0, 0.05) is 6.04 Å². The molecule has 0 aromatic rings. The lowest BCUT2D eigenvalue weighted by Crippen LogP contribution is -2.58. The molecule has 20 heavy (non-hydrogen) atoms. The number of nitrogens with one attached hydrogen (secondary N) is 2. The van der Waals surface area contributed by atoms with Gasteiger partial charge in [-0.1, -0.05) is 6.08 Å². The van der Waals surface area contributed by atoms with Crippen LogP contribution in [0.4, 0.5) is 18.0 Å². The molecular formula is C10H14F3N3O4. The molecule has 0 aromatic heterocycles. The SMILES string of the molecule is C=CCC1(C(C)N)NC(=O)NC1=O.O=C(O)C(F)(F)F. The second kappa shape index (κ2) is 6.37. The first-order valence-corrected chi connectivity index (χ1v) is 5.27. The number of carboxylic acids is 1. The first-order valence-electron chi connectivity index (χ1n) is 5.27. The van der Waals surface area contributed by atoms with Gasteiger partial charge in [-0.3, -0.25) is 10.1 Å². The fourth-order valence-corrected chi connectivity index (χ4v) is 1.38. The molecule has 1 saturated heterocycles. The van der Waals surface area contributed by atoms with E-state index < -0.39 is 29.8 Å². The molecule has 0 spiro atoms. The molecule has 1 aliphatic rings. The average Bonchev–Trinajstić information content (AvgIpc) is 2.54.